The van der Waals surface area contributed by atoms with Crippen LogP contribution in [0.15, 0.2) is 24.4 Å². The molecular weight excluding hydrogens is 240 g/mol. The van der Waals surface area contributed by atoms with Crippen molar-refractivity contribution in [2.45, 2.75) is 13.3 Å². The summed E-state index contributed by atoms with van der Waals surface area (Å²) in [4.78, 5) is 19.4. The van der Waals surface area contributed by atoms with Gasteiger partial charge in [0.15, 0.2) is 4.31 Å². The van der Waals surface area contributed by atoms with E-state index in [-0.39, 0.29) is 0 Å². The van der Waals surface area contributed by atoms with Crippen LogP contribution in [-0.4, -0.2) is 14.8 Å². The first-order valence-electron chi connectivity index (χ1n) is 3.96. The maximum absolute atomic E-state index is 9.39. The van der Waals surface area contributed by atoms with Crippen LogP contribution in [0.25, 0.3) is 0 Å². The Morgan fingerprint density at radius 3 is 2.13 bits per heavy atom. The van der Waals surface area contributed by atoms with Crippen LogP contribution in [0.2, 0.25) is 0 Å². The molecule has 0 fully saturated rings. The third-order valence-electron chi connectivity index (χ3n) is 1.23. The lowest BCUT2D eigenvalue weighted by Gasteiger charge is -1.88. The van der Waals surface area contributed by atoms with Crippen molar-refractivity contribution in [3.8, 4) is 0 Å². The first-order chi connectivity index (χ1) is 7.06. The molecule has 2 unspecified atom stereocenters. The maximum Gasteiger partial charge on any atom is 0.745 e. The van der Waals surface area contributed by atoms with E-state index >= 15 is 0 Å². The molecule has 1 aromatic rings. The Morgan fingerprint density at radius 1 is 1.33 bits per heavy atom. The van der Waals surface area contributed by atoms with E-state index in [9.17, 15) is 9.13 Å². The maximum atomic E-state index is 9.39. The molecule has 0 saturated heterocycles. The minimum Gasteiger partial charge on any atom is -0.261 e. The highest BCUT2D eigenvalue weighted by atomic mass is 31.2. The normalized spacial score (nSPS) is 11.1. The van der Waals surface area contributed by atoms with E-state index in [2.05, 4.69) is 16.2 Å². The van der Waals surface area contributed by atoms with Gasteiger partial charge in [0.05, 0.1) is 0 Å². The lowest BCUT2D eigenvalue weighted by molar-refractivity contribution is 0.371. The van der Waals surface area contributed by atoms with Gasteiger partial charge in [-0.1, -0.05) is 13.0 Å². The van der Waals surface area contributed by atoms with Gasteiger partial charge in [-0.05, 0) is 18.6 Å². The van der Waals surface area contributed by atoms with E-state index in [0.717, 1.165) is 12.1 Å². The number of pyridine rings is 1. The molecular formula is C7H11NO5P2+2. The molecule has 0 aliphatic rings. The fourth-order valence-corrected chi connectivity index (χ4v) is 1.15. The molecule has 1 aromatic heterocycles. The van der Waals surface area contributed by atoms with Crippen molar-refractivity contribution < 1.29 is 23.2 Å². The summed E-state index contributed by atoms with van der Waals surface area (Å²) in [5.74, 6) is 0. The molecule has 1 rings (SSSR count). The Hall–Kier alpha value is -0.770. The second-order valence-electron chi connectivity index (χ2n) is 2.23. The van der Waals surface area contributed by atoms with Gasteiger partial charge >= 0.3 is 16.5 Å². The smallest absolute Gasteiger partial charge is 0.261 e. The van der Waals surface area contributed by atoms with Crippen LogP contribution >= 0.6 is 16.5 Å². The number of rotatable bonds is 3. The molecule has 0 amide bonds. The lowest BCUT2D eigenvalue weighted by Crippen LogP contribution is -1.81. The molecule has 2 atom stereocenters. The van der Waals surface area contributed by atoms with Gasteiger partial charge in [0, 0.05) is 21.0 Å². The molecule has 0 aliphatic heterocycles. The van der Waals surface area contributed by atoms with Crippen molar-refractivity contribution in [3.63, 3.8) is 0 Å². The molecule has 0 aliphatic carbocycles. The minimum absolute atomic E-state index is 1.03. The van der Waals surface area contributed by atoms with Crippen LogP contribution in [0.3, 0.4) is 0 Å². The van der Waals surface area contributed by atoms with Gasteiger partial charge in [-0.3, -0.25) is 4.98 Å². The second kappa shape index (κ2) is 8.53. The minimum atomic E-state index is -2.92. The summed E-state index contributed by atoms with van der Waals surface area (Å²) in [6, 6.07) is 5.96. The van der Waals surface area contributed by atoms with Crippen LogP contribution in [0, 0.1) is 0 Å². The van der Waals surface area contributed by atoms with E-state index in [4.69, 9.17) is 9.79 Å². The highest BCUT2D eigenvalue weighted by Gasteiger charge is 2.31. The third kappa shape index (κ3) is 9.53. The van der Waals surface area contributed by atoms with Gasteiger partial charge in [0.1, 0.15) is 0 Å². The molecule has 0 aromatic carbocycles. The highest BCUT2D eigenvalue weighted by Crippen LogP contribution is 2.30. The molecule has 82 valence electrons. The first kappa shape index (κ1) is 14.2. The SMILES string of the molecule is CCc1ccccn1.O=[P+](O)O[P+](=O)O. The largest absolute Gasteiger partial charge is 0.745 e. The van der Waals surface area contributed by atoms with E-state index in [1.807, 2.05) is 24.4 Å². The summed E-state index contributed by atoms with van der Waals surface area (Å²) in [5.41, 5.74) is 1.16. The summed E-state index contributed by atoms with van der Waals surface area (Å²) in [7, 11) is -5.85. The summed E-state index contributed by atoms with van der Waals surface area (Å²) in [5, 5.41) is 0. The first-order valence-corrected chi connectivity index (χ1v) is 6.22. The number of aromatic nitrogens is 1. The molecule has 0 bridgehead atoms. The molecule has 8 heteroatoms. The van der Waals surface area contributed by atoms with Gasteiger partial charge in [-0.2, -0.15) is 0 Å². The van der Waals surface area contributed by atoms with Crippen molar-refractivity contribution in [2.24, 2.45) is 0 Å². The monoisotopic (exact) mass is 251 g/mol. The molecule has 15 heavy (non-hydrogen) atoms. The summed E-state index contributed by atoms with van der Waals surface area (Å²) in [6.07, 6.45) is 2.85. The van der Waals surface area contributed by atoms with Gasteiger partial charge in [-0.25, -0.2) is 0 Å². The van der Waals surface area contributed by atoms with E-state index in [0.29, 0.717) is 0 Å². The van der Waals surface area contributed by atoms with Gasteiger partial charge < -0.3 is 0 Å². The van der Waals surface area contributed by atoms with Crippen LogP contribution < -0.4 is 0 Å². The van der Waals surface area contributed by atoms with Crippen LogP contribution in [0.5, 0.6) is 0 Å². The number of hydrogen-bond donors (Lipinski definition) is 2. The second-order valence-corrected chi connectivity index (χ2v) is 3.84. The van der Waals surface area contributed by atoms with Crippen LogP contribution in [-0.2, 0) is 19.9 Å². The van der Waals surface area contributed by atoms with Crippen molar-refractivity contribution in [1.29, 1.82) is 0 Å². The Balaban J connectivity index is 0.000000265. The zero-order chi connectivity index (χ0) is 11.7. The Bertz CT molecular complexity index is 306. The fraction of sp³-hybridized carbons (Fsp3) is 0.286. The topological polar surface area (TPSA) is 96.7 Å². The number of nitrogens with zero attached hydrogens (tertiary/aromatic N) is 1. The van der Waals surface area contributed by atoms with E-state index in [1.165, 1.54) is 0 Å². The van der Waals surface area contributed by atoms with Gasteiger partial charge in [0.2, 0.25) is 0 Å². The molecule has 0 saturated carbocycles. The average molecular weight is 251 g/mol. The molecule has 1 heterocycles. The summed E-state index contributed by atoms with van der Waals surface area (Å²) in [6.45, 7) is 2.10. The zero-order valence-electron chi connectivity index (χ0n) is 7.98. The van der Waals surface area contributed by atoms with Crippen LogP contribution in [0.4, 0.5) is 0 Å². The zero-order valence-corrected chi connectivity index (χ0v) is 9.77. The quantitative estimate of drug-likeness (QED) is 0.797. The summed E-state index contributed by atoms with van der Waals surface area (Å²) < 4.78 is 22.2. The standard InChI is InChI=1S/C7H9N.O5P2/c1-2-7-5-3-4-6-8-7;1-6(2)5-7(3)4/h3-6H,2H2,1H3;/p+2. The van der Waals surface area contributed by atoms with Crippen LogP contribution in [0.1, 0.15) is 12.6 Å². The van der Waals surface area contributed by atoms with Crippen molar-refractivity contribution in [1.82, 2.24) is 4.98 Å². The number of aryl methyl sites for hydroxylation is 1. The van der Waals surface area contributed by atoms with Crippen molar-refractivity contribution >= 4 is 16.5 Å². The third-order valence-corrected chi connectivity index (χ3v) is 2.35. The Labute approximate surface area is 88.8 Å². The number of hydrogen-bond acceptors (Lipinski definition) is 4. The molecule has 2 N–H and O–H groups in total. The van der Waals surface area contributed by atoms with Crippen molar-refractivity contribution in [3.05, 3.63) is 30.1 Å². The highest BCUT2D eigenvalue weighted by molar-refractivity contribution is 7.46. The predicted molar refractivity (Wildman–Crippen MR) is 54.4 cm³/mol. The van der Waals surface area contributed by atoms with Gasteiger partial charge in [0.25, 0.3) is 0 Å². The summed E-state index contributed by atoms with van der Waals surface area (Å²) >= 11 is 0. The lowest BCUT2D eigenvalue weighted by atomic mass is 10.3. The molecule has 0 spiro atoms. The Kier molecular flexibility index (Phi) is 8.09. The van der Waals surface area contributed by atoms with E-state index < -0.39 is 16.5 Å². The predicted octanol–water partition coefficient (Wildman–Crippen LogP) is 1.95. The molecule has 0 radical (unpaired) electrons. The fourth-order valence-electron chi connectivity index (χ4n) is 0.667. The molecule has 6 nitrogen and oxygen atoms in total. The Morgan fingerprint density at radius 2 is 1.93 bits per heavy atom. The van der Waals surface area contributed by atoms with Crippen molar-refractivity contribution in [2.75, 3.05) is 0 Å². The van der Waals surface area contributed by atoms with Gasteiger partial charge in [-0.15, -0.1) is 9.79 Å². The average Bonchev–Trinajstić information content (AvgIpc) is 2.18. The van der Waals surface area contributed by atoms with E-state index in [1.54, 1.807) is 0 Å².